The third kappa shape index (κ3) is 2.36. The van der Waals surface area contributed by atoms with Crippen LogP contribution < -0.4 is 10.1 Å². The van der Waals surface area contributed by atoms with Crippen molar-refractivity contribution >= 4 is 5.91 Å². The molecule has 0 radical (unpaired) electrons. The molecule has 1 atom stereocenters. The number of allylic oxidation sites excluding steroid dienone is 3. The highest BCUT2D eigenvalue weighted by atomic mass is 19.4. The lowest BCUT2D eigenvalue weighted by molar-refractivity contribution is -0.237. The highest BCUT2D eigenvalue weighted by molar-refractivity contribution is 6.00. The number of nitriles is 1. The molecule has 0 aromatic heterocycles. The molecule has 128 valence electrons. The molecule has 0 fully saturated rings. The lowest BCUT2D eigenvalue weighted by Crippen LogP contribution is -2.67. The van der Waals surface area contributed by atoms with E-state index in [0.717, 1.165) is 4.90 Å². The SMILES string of the molecule is COc1ccc(C2(C(F)(F)F)NC(=O)C(C#N)=C3C=CC=CN32)cc1. The van der Waals surface area contributed by atoms with Gasteiger partial charge in [-0.25, -0.2) is 0 Å². The average Bonchev–Trinajstić information content (AvgIpc) is 2.60. The van der Waals surface area contributed by atoms with Crippen LogP contribution in [-0.2, 0) is 10.5 Å². The van der Waals surface area contributed by atoms with Crippen LogP contribution in [0.2, 0.25) is 0 Å². The van der Waals surface area contributed by atoms with Crippen molar-refractivity contribution in [3.8, 4) is 11.8 Å². The minimum absolute atomic E-state index is 0.109. The summed E-state index contributed by atoms with van der Waals surface area (Å²) in [5, 5.41) is 11.1. The van der Waals surface area contributed by atoms with Crippen molar-refractivity contribution < 1.29 is 22.7 Å². The summed E-state index contributed by atoms with van der Waals surface area (Å²) in [6.07, 6.45) is 0.501. The molecule has 8 heteroatoms. The van der Waals surface area contributed by atoms with Crippen LogP contribution in [0.4, 0.5) is 13.2 Å². The third-order valence-corrected chi connectivity index (χ3v) is 4.03. The fourth-order valence-electron chi connectivity index (χ4n) is 2.87. The summed E-state index contributed by atoms with van der Waals surface area (Å²) in [5.74, 6) is -0.701. The van der Waals surface area contributed by atoms with E-state index in [0.29, 0.717) is 5.75 Å². The molecule has 0 saturated heterocycles. The highest BCUT2D eigenvalue weighted by Gasteiger charge is 2.63. The maximum absolute atomic E-state index is 14.2. The molecule has 0 saturated carbocycles. The van der Waals surface area contributed by atoms with Gasteiger partial charge in [0.25, 0.3) is 5.91 Å². The molecule has 1 N–H and O–H groups in total. The third-order valence-electron chi connectivity index (χ3n) is 4.03. The minimum Gasteiger partial charge on any atom is -0.497 e. The average molecular weight is 347 g/mol. The standard InChI is InChI=1S/C17H12F3N3O2/c1-25-12-7-5-11(6-8-12)16(17(18,19)20)22-15(24)13(10-21)14-4-2-3-9-23(14)16/h2-9H,1H3,(H,22,24). The van der Waals surface area contributed by atoms with Crippen molar-refractivity contribution in [3.63, 3.8) is 0 Å². The number of carbonyl (C=O) groups excluding carboxylic acids is 1. The van der Waals surface area contributed by atoms with Crippen LogP contribution in [0.25, 0.3) is 0 Å². The first kappa shape index (κ1) is 16.6. The van der Waals surface area contributed by atoms with Crippen LogP contribution in [0, 0.1) is 11.3 Å². The van der Waals surface area contributed by atoms with Gasteiger partial charge in [-0.2, -0.15) is 18.4 Å². The number of fused-ring (bicyclic) bond motifs is 1. The van der Waals surface area contributed by atoms with Gasteiger partial charge in [0.05, 0.1) is 12.8 Å². The van der Waals surface area contributed by atoms with Crippen molar-refractivity contribution in [2.24, 2.45) is 0 Å². The largest absolute Gasteiger partial charge is 0.497 e. The zero-order valence-corrected chi connectivity index (χ0v) is 13.0. The molecule has 2 aliphatic rings. The molecule has 2 heterocycles. The fraction of sp³-hybridized carbons (Fsp3) is 0.176. The van der Waals surface area contributed by atoms with E-state index in [2.05, 4.69) is 0 Å². The first-order valence-electron chi connectivity index (χ1n) is 7.17. The number of hydrogen-bond acceptors (Lipinski definition) is 4. The molecule has 5 nitrogen and oxygen atoms in total. The van der Waals surface area contributed by atoms with Gasteiger partial charge in [0.15, 0.2) is 0 Å². The lowest BCUT2D eigenvalue weighted by atomic mass is 9.90. The second kappa shape index (κ2) is 5.70. The second-order valence-electron chi connectivity index (χ2n) is 5.33. The minimum atomic E-state index is -4.86. The van der Waals surface area contributed by atoms with E-state index < -0.39 is 17.7 Å². The molecular weight excluding hydrogens is 335 g/mol. The van der Waals surface area contributed by atoms with Gasteiger partial charge >= 0.3 is 6.18 Å². The number of rotatable bonds is 2. The zero-order valence-electron chi connectivity index (χ0n) is 13.0. The highest BCUT2D eigenvalue weighted by Crippen LogP contribution is 2.47. The predicted octanol–water partition coefficient (Wildman–Crippen LogP) is 2.70. The molecule has 1 unspecified atom stereocenters. The topological polar surface area (TPSA) is 65.4 Å². The zero-order chi connectivity index (χ0) is 18.2. The number of nitrogens with zero attached hydrogens (tertiary/aromatic N) is 2. The van der Waals surface area contributed by atoms with Crippen LogP contribution in [0.5, 0.6) is 5.75 Å². The van der Waals surface area contributed by atoms with Gasteiger partial charge in [0.2, 0.25) is 5.66 Å². The van der Waals surface area contributed by atoms with E-state index in [9.17, 15) is 18.0 Å². The van der Waals surface area contributed by atoms with E-state index in [1.54, 1.807) is 6.07 Å². The number of halogens is 3. The van der Waals surface area contributed by atoms with Crippen molar-refractivity contribution in [1.82, 2.24) is 10.2 Å². The molecule has 1 amide bonds. The number of alkyl halides is 3. The number of amides is 1. The smallest absolute Gasteiger partial charge is 0.435 e. The molecule has 25 heavy (non-hydrogen) atoms. The van der Waals surface area contributed by atoms with Crippen molar-refractivity contribution in [3.05, 3.63) is 65.5 Å². The summed E-state index contributed by atoms with van der Waals surface area (Å²) >= 11 is 0. The van der Waals surface area contributed by atoms with Crippen LogP contribution in [0.15, 0.2) is 60.0 Å². The summed E-state index contributed by atoms with van der Waals surface area (Å²) in [6, 6.07) is 6.88. The van der Waals surface area contributed by atoms with Gasteiger partial charge in [-0.05, 0) is 24.3 Å². The number of ether oxygens (including phenoxy) is 1. The molecule has 0 aliphatic carbocycles. The Morgan fingerprint density at radius 2 is 1.92 bits per heavy atom. The van der Waals surface area contributed by atoms with Gasteiger partial charge < -0.3 is 15.0 Å². The number of benzene rings is 1. The second-order valence-corrected chi connectivity index (χ2v) is 5.33. The van der Waals surface area contributed by atoms with Gasteiger partial charge in [0, 0.05) is 11.8 Å². The Labute approximate surface area is 141 Å². The van der Waals surface area contributed by atoms with Gasteiger partial charge in [0.1, 0.15) is 17.4 Å². The monoisotopic (exact) mass is 347 g/mol. The first-order chi connectivity index (χ1) is 11.8. The lowest BCUT2D eigenvalue weighted by Gasteiger charge is -2.48. The Morgan fingerprint density at radius 1 is 1.24 bits per heavy atom. The van der Waals surface area contributed by atoms with E-state index in [1.165, 1.54) is 55.8 Å². The molecule has 0 spiro atoms. The Morgan fingerprint density at radius 3 is 2.48 bits per heavy atom. The molecule has 2 aliphatic heterocycles. The number of methoxy groups -OCH3 is 1. The van der Waals surface area contributed by atoms with Crippen LogP contribution in [0.1, 0.15) is 5.56 Å². The first-order valence-corrected chi connectivity index (χ1v) is 7.17. The van der Waals surface area contributed by atoms with Gasteiger partial charge in [-0.15, -0.1) is 0 Å². The summed E-state index contributed by atoms with van der Waals surface area (Å²) in [5.41, 5.74) is -3.52. The molecule has 1 aromatic rings. The van der Waals surface area contributed by atoms with Gasteiger partial charge in [-0.3, -0.25) is 4.79 Å². The summed E-state index contributed by atoms with van der Waals surface area (Å²) < 4.78 is 47.5. The fourth-order valence-corrected chi connectivity index (χ4v) is 2.87. The van der Waals surface area contributed by atoms with E-state index in [4.69, 9.17) is 10.00 Å². The van der Waals surface area contributed by atoms with E-state index in [-0.39, 0.29) is 16.8 Å². The Hall–Kier alpha value is -3.21. The van der Waals surface area contributed by atoms with E-state index in [1.807, 2.05) is 5.32 Å². The summed E-state index contributed by atoms with van der Waals surface area (Å²) in [7, 11) is 1.40. The van der Waals surface area contributed by atoms with Crippen LogP contribution in [-0.4, -0.2) is 24.1 Å². The number of carbonyl (C=O) groups is 1. The summed E-state index contributed by atoms with van der Waals surface area (Å²) in [4.78, 5) is 13.1. The maximum atomic E-state index is 14.2. The number of hydrogen-bond donors (Lipinski definition) is 1. The van der Waals surface area contributed by atoms with Crippen molar-refractivity contribution in [2.45, 2.75) is 11.8 Å². The van der Waals surface area contributed by atoms with E-state index >= 15 is 0 Å². The Bertz CT molecular complexity index is 847. The molecule has 0 bridgehead atoms. The Kier molecular flexibility index (Phi) is 3.80. The quantitative estimate of drug-likeness (QED) is 0.893. The molecular formula is C17H12F3N3O2. The number of nitrogens with one attached hydrogen (secondary N) is 1. The molecule has 3 rings (SSSR count). The van der Waals surface area contributed by atoms with Gasteiger partial charge in [-0.1, -0.05) is 18.2 Å². The Balaban J connectivity index is 2.28. The predicted molar refractivity (Wildman–Crippen MR) is 81.6 cm³/mol. The van der Waals surface area contributed by atoms with Crippen LogP contribution >= 0.6 is 0 Å². The van der Waals surface area contributed by atoms with Crippen LogP contribution in [0.3, 0.4) is 0 Å². The molecule has 1 aromatic carbocycles. The normalized spacial score (nSPS) is 22.4. The van der Waals surface area contributed by atoms with Crippen molar-refractivity contribution in [1.29, 1.82) is 5.26 Å². The van der Waals surface area contributed by atoms with Crippen molar-refractivity contribution in [2.75, 3.05) is 7.11 Å². The summed E-state index contributed by atoms with van der Waals surface area (Å²) in [6.45, 7) is 0. The maximum Gasteiger partial charge on any atom is 0.435 e.